The second kappa shape index (κ2) is 7.34. The van der Waals surface area contributed by atoms with Crippen LogP contribution in [-0.4, -0.2) is 64.2 Å². The second-order valence-corrected chi connectivity index (χ2v) is 6.42. The number of rotatable bonds is 4. The molecule has 2 aliphatic heterocycles. The third kappa shape index (κ3) is 3.31. The summed E-state index contributed by atoms with van der Waals surface area (Å²) < 4.78 is 7.15. The first-order valence-electron chi connectivity index (χ1n) is 8.86. The molecule has 0 N–H and O–H groups in total. The Morgan fingerprint density at radius 1 is 1.12 bits per heavy atom. The molecule has 2 amide bonds. The summed E-state index contributed by atoms with van der Waals surface area (Å²) in [7, 11) is 0. The van der Waals surface area contributed by atoms with Crippen LogP contribution in [0.4, 0.5) is 0 Å². The van der Waals surface area contributed by atoms with E-state index in [0.717, 1.165) is 18.5 Å². The summed E-state index contributed by atoms with van der Waals surface area (Å²) in [4.78, 5) is 28.8. The fraction of sp³-hybridized carbons (Fsp3) is 0.706. The summed E-state index contributed by atoms with van der Waals surface area (Å²) in [6, 6.07) is 1.84. The summed E-state index contributed by atoms with van der Waals surface area (Å²) in [6.07, 6.45) is 1.73. The smallest absolute Gasteiger partial charge is 0.274 e. The highest BCUT2D eigenvalue weighted by Gasteiger charge is 2.28. The normalized spacial score (nSPS) is 18.0. The molecular weight excluding hydrogens is 308 g/mol. The molecule has 3 rings (SSSR count). The van der Waals surface area contributed by atoms with Crippen LogP contribution in [0.1, 0.15) is 42.9 Å². The van der Waals surface area contributed by atoms with E-state index >= 15 is 0 Å². The zero-order chi connectivity index (χ0) is 17.1. The van der Waals surface area contributed by atoms with Gasteiger partial charge in [0.15, 0.2) is 5.69 Å². The van der Waals surface area contributed by atoms with Gasteiger partial charge in [-0.3, -0.25) is 14.3 Å². The fourth-order valence-corrected chi connectivity index (χ4v) is 3.38. The summed E-state index contributed by atoms with van der Waals surface area (Å²) in [5, 5.41) is 4.45. The zero-order valence-corrected chi connectivity index (χ0v) is 14.5. The molecule has 0 bridgehead atoms. The van der Waals surface area contributed by atoms with Gasteiger partial charge in [0.05, 0.1) is 32.0 Å². The van der Waals surface area contributed by atoms with E-state index in [-0.39, 0.29) is 17.7 Å². The number of nitrogens with zero attached hydrogens (tertiary/aromatic N) is 4. The van der Waals surface area contributed by atoms with E-state index in [0.29, 0.717) is 51.6 Å². The van der Waals surface area contributed by atoms with Gasteiger partial charge < -0.3 is 14.5 Å². The van der Waals surface area contributed by atoms with Gasteiger partial charge in [-0.1, -0.05) is 13.8 Å². The minimum Gasteiger partial charge on any atom is -0.378 e. The van der Waals surface area contributed by atoms with E-state index in [2.05, 4.69) is 18.9 Å². The Morgan fingerprint density at radius 3 is 2.50 bits per heavy atom. The van der Waals surface area contributed by atoms with Gasteiger partial charge in [-0.15, -0.1) is 0 Å². The minimum atomic E-state index is -0.0435. The van der Waals surface area contributed by atoms with Crippen LogP contribution in [0.5, 0.6) is 0 Å². The summed E-state index contributed by atoms with van der Waals surface area (Å²) in [6.45, 7) is 8.35. The Morgan fingerprint density at radius 2 is 1.83 bits per heavy atom. The first kappa shape index (κ1) is 17.0. The Balaban J connectivity index is 1.70. The minimum absolute atomic E-state index is 0.0435. The van der Waals surface area contributed by atoms with Crippen LogP contribution in [0, 0.1) is 5.92 Å². The predicted octanol–water partition coefficient (Wildman–Crippen LogP) is 1.13. The van der Waals surface area contributed by atoms with Crippen molar-refractivity contribution in [2.45, 2.75) is 39.8 Å². The van der Waals surface area contributed by atoms with E-state index in [9.17, 15) is 9.59 Å². The van der Waals surface area contributed by atoms with Crippen LogP contribution in [0.25, 0.3) is 0 Å². The van der Waals surface area contributed by atoms with Crippen molar-refractivity contribution in [1.29, 1.82) is 0 Å². The van der Waals surface area contributed by atoms with Crippen molar-refractivity contribution in [3.8, 4) is 0 Å². The van der Waals surface area contributed by atoms with Gasteiger partial charge in [0.2, 0.25) is 5.91 Å². The molecular formula is C17H26N4O3. The molecule has 7 heteroatoms. The van der Waals surface area contributed by atoms with Gasteiger partial charge in [0.25, 0.3) is 5.91 Å². The van der Waals surface area contributed by atoms with Crippen molar-refractivity contribution in [3.63, 3.8) is 0 Å². The molecule has 1 fully saturated rings. The summed E-state index contributed by atoms with van der Waals surface area (Å²) in [5.74, 6) is 0.264. The lowest BCUT2D eigenvalue weighted by Gasteiger charge is -2.30. The second-order valence-electron chi connectivity index (χ2n) is 6.42. The first-order chi connectivity index (χ1) is 11.6. The van der Waals surface area contributed by atoms with E-state index in [1.807, 2.05) is 15.6 Å². The highest BCUT2D eigenvalue weighted by Crippen LogP contribution is 2.19. The quantitative estimate of drug-likeness (QED) is 0.828. The molecule has 24 heavy (non-hydrogen) atoms. The number of morpholine rings is 1. The van der Waals surface area contributed by atoms with Crippen LogP contribution in [0.15, 0.2) is 6.07 Å². The number of carbonyl (C=O) groups excluding carboxylic acids is 2. The third-order valence-corrected chi connectivity index (χ3v) is 4.96. The fourth-order valence-electron chi connectivity index (χ4n) is 3.38. The van der Waals surface area contributed by atoms with Crippen molar-refractivity contribution >= 4 is 11.8 Å². The lowest BCUT2D eigenvalue weighted by atomic mass is 10.0. The Bertz CT molecular complexity index is 603. The Hall–Kier alpha value is -1.89. The number of aromatic nitrogens is 2. The molecule has 1 aromatic rings. The summed E-state index contributed by atoms with van der Waals surface area (Å²) in [5.41, 5.74) is 1.42. The van der Waals surface area contributed by atoms with Crippen LogP contribution in [-0.2, 0) is 22.6 Å². The van der Waals surface area contributed by atoms with Crippen molar-refractivity contribution in [2.24, 2.45) is 5.92 Å². The van der Waals surface area contributed by atoms with E-state index in [1.54, 1.807) is 4.90 Å². The number of carbonyl (C=O) groups is 2. The Kier molecular flexibility index (Phi) is 5.18. The maximum atomic E-state index is 12.6. The lowest BCUT2D eigenvalue weighted by Crippen LogP contribution is -2.41. The summed E-state index contributed by atoms with van der Waals surface area (Å²) >= 11 is 0. The average Bonchev–Trinajstić information content (AvgIpc) is 3.06. The third-order valence-electron chi connectivity index (χ3n) is 4.96. The standard InChI is InChI=1S/C17H26N4O3/c1-3-13(4-2)16(22)20-5-6-21-14(12-20)11-15(18-21)17(23)19-7-9-24-10-8-19/h11,13H,3-10,12H2,1-2H3. The number of amides is 2. The Labute approximate surface area is 142 Å². The number of hydrogen-bond acceptors (Lipinski definition) is 4. The molecule has 3 heterocycles. The van der Waals surface area contributed by atoms with Gasteiger partial charge in [-0.05, 0) is 18.9 Å². The number of ether oxygens (including phenoxy) is 1. The maximum Gasteiger partial charge on any atom is 0.274 e. The monoisotopic (exact) mass is 334 g/mol. The lowest BCUT2D eigenvalue weighted by molar-refractivity contribution is -0.137. The van der Waals surface area contributed by atoms with Gasteiger partial charge in [-0.2, -0.15) is 5.10 Å². The van der Waals surface area contributed by atoms with Crippen molar-refractivity contribution in [1.82, 2.24) is 19.6 Å². The molecule has 0 unspecified atom stereocenters. The van der Waals surface area contributed by atoms with Gasteiger partial charge in [0, 0.05) is 25.6 Å². The number of hydrogen-bond donors (Lipinski definition) is 0. The molecule has 132 valence electrons. The zero-order valence-electron chi connectivity index (χ0n) is 14.5. The number of fused-ring (bicyclic) bond motifs is 1. The van der Waals surface area contributed by atoms with Gasteiger partial charge in [0.1, 0.15) is 0 Å². The molecule has 0 aliphatic carbocycles. The molecule has 0 atom stereocenters. The van der Waals surface area contributed by atoms with Crippen LogP contribution >= 0.6 is 0 Å². The van der Waals surface area contributed by atoms with Crippen LogP contribution in [0.3, 0.4) is 0 Å². The van der Waals surface area contributed by atoms with E-state index in [4.69, 9.17) is 4.74 Å². The largest absolute Gasteiger partial charge is 0.378 e. The molecule has 0 radical (unpaired) electrons. The van der Waals surface area contributed by atoms with Crippen molar-refractivity contribution < 1.29 is 14.3 Å². The molecule has 0 aromatic carbocycles. The van der Waals surface area contributed by atoms with Crippen LogP contribution in [0.2, 0.25) is 0 Å². The SMILES string of the molecule is CCC(CC)C(=O)N1CCn2nc(C(=O)N3CCOCC3)cc2C1. The first-order valence-corrected chi connectivity index (χ1v) is 8.86. The highest BCUT2D eigenvalue weighted by atomic mass is 16.5. The highest BCUT2D eigenvalue weighted by molar-refractivity contribution is 5.92. The van der Waals surface area contributed by atoms with Gasteiger partial charge >= 0.3 is 0 Å². The topological polar surface area (TPSA) is 67.7 Å². The molecule has 1 saturated heterocycles. The molecule has 7 nitrogen and oxygen atoms in total. The van der Waals surface area contributed by atoms with Crippen LogP contribution < -0.4 is 0 Å². The maximum absolute atomic E-state index is 12.6. The molecule has 0 saturated carbocycles. The van der Waals surface area contributed by atoms with E-state index < -0.39 is 0 Å². The molecule has 1 aromatic heterocycles. The molecule has 0 spiro atoms. The van der Waals surface area contributed by atoms with Crippen molar-refractivity contribution in [2.75, 3.05) is 32.8 Å². The predicted molar refractivity (Wildman–Crippen MR) is 88.4 cm³/mol. The van der Waals surface area contributed by atoms with E-state index in [1.165, 1.54) is 0 Å². The average molecular weight is 334 g/mol. The van der Waals surface area contributed by atoms with Gasteiger partial charge in [-0.25, -0.2) is 0 Å². The molecule has 2 aliphatic rings. The van der Waals surface area contributed by atoms with Crippen molar-refractivity contribution in [3.05, 3.63) is 17.5 Å².